The van der Waals surface area contributed by atoms with E-state index in [1.807, 2.05) is 30.3 Å². The first kappa shape index (κ1) is 17.5. The van der Waals surface area contributed by atoms with Crippen molar-refractivity contribution in [1.82, 2.24) is 4.48 Å². The summed E-state index contributed by atoms with van der Waals surface area (Å²) in [6.45, 7) is 9.37. The summed E-state index contributed by atoms with van der Waals surface area (Å²) in [5.74, 6) is 0.800. The number of aliphatic hydroxyl groups excluding tert-OH is 1. The second-order valence-electron chi connectivity index (χ2n) is 6.02. The van der Waals surface area contributed by atoms with Gasteiger partial charge in [0.2, 0.25) is 0 Å². The molecular formula is C20H28NO2+. The van der Waals surface area contributed by atoms with E-state index in [-0.39, 0.29) is 0 Å². The molecule has 0 amide bonds. The number of benzene rings is 2. The van der Waals surface area contributed by atoms with Crippen molar-refractivity contribution < 1.29 is 9.84 Å². The smallest absolute Gasteiger partial charge is 0.137 e. The fourth-order valence-corrected chi connectivity index (χ4v) is 3.18. The van der Waals surface area contributed by atoms with Crippen molar-refractivity contribution in [3.05, 3.63) is 60.2 Å². The van der Waals surface area contributed by atoms with Gasteiger partial charge < -0.3 is 9.84 Å². The Hall–Kier alpha value is -1.84. The first-order chi connectivity index (χ1) is 11.1. The molecule has 0 saturated heterocycles. The molecule has 0 heterocycles. The predicted octanol–water partition coefficient (Wildman–Crippen LogP) is 3.78. The van der Waals surface area contributed by atoms with Gasteiger partial charge >= 0.3 is 0 Å². The number of aliphatic hydroxyl groups is 1. The lowest BCUT2D eigenvalue weighted by Crippen LogP contribution is -2.54. The van der Waals surface area contributed by atoms with Crippen molar-refractivity contribution in [3.63, 3.8) is 0 Å². The van der Waals surface area contributed by atoms with Gasteiger partial charge in [0.05, 0.1) is 13.1 Å². The minimum absolute atomic E-state index is 0.315. The summed E-state index contributed by atoms with van der Waals surface area (Å²) in [6.07, 6.45) is -0.505. The molecule has 3 nitrogen and oxygen atoms in total. The fraction of sp³-hybridized carbons (Fsp3) is 0.400. The SMILES string of the molecule is CC[N+](CC)(CC(O)COc1ccccc1)c1ccccc1C. The second-order valence-corrected chi connectivity index (χ2v) is 6.02. The highest BCUT2D eigenvalue weighted by Gasteiger charge is 2.31. The van der Waals surface area contributed by atoms with Crippen LogP contribution in [0.4, 0.5) is 5.69 Å². The number of hydrogen-bond donors (Lipinski definition) is 1. The van der Waals surface area contributed by atoms with Crippen molar-refractivity contribution in [1.29, 1.82) is 0 Å². The zero-order valence-electron chi connectivity index (χ0n) is 14.4. The van der Waals surface area contributed by atoms with Crippen LogP contribution in [0.15, 0.2) is 54.6 Å². The summed E-state index contributed by atoms with van der Waals surface area (Å²) in [4.78, 5) is 0. The second kappa shape index (κ2) is 8.14. The Kier molecular flexibility index (Phi) is 6.20. The Bertz CT molecular complexity index is 594. The molecule has 1 unspecified atom stereocenters. The highest BCUT2D eigenvalue weighted by Crippen LogP contribution is 2.27. The van der Waals surface area contributed by atoms with E-state index in [0.29, 0.717) is 13.2 Å². The quantitative estimate of drug-likeness (QED) is 0.751. The first-order valence-corrected chi connectivity index (χ1v) is 8.39. The first-order valence-electron chi connectivity index (χ1n) is 8.39. The lowest BCUT2D eigenvalue weighted by molar-refractivity contribution is 0.0729. The monoisotopic (exact) mass is 314 g/mol. The molecule has 23 heavy (non-hydrogen) atoms. The molecule has 0 aliphatic carbocycles. The molecule has 2 aromatic rings. The number of likely N-dealkylation sites (N-methyl/N-ethyl adjacent to an activating group) is 1. The Balaban J connectivity index is 2.08. The predicted molar refractivity (Wildman–Crippen MR) is 96.9 cm³/mol. The molecule has 0 radical (unpaired) electrons. The summed E-state index contributed by atoms with van der Waals surface area (Å²) in [7, 11) is 0. The lowest BCUT2D eigenvalue weighted by Gasteiger charge is -2.38. The van der Waals surface area contributed by atoms with E-state index in [4.69, 9.17) is 4.74 Å². The summed E-state index contributed by atoms with van der Waals surface area (Å²) >= 11 is 0. The molecule has 0 aliphatic heterocycles. The third-order valence-electron chi connectivity index (χ3n) is 4.58. The Labute approximate surface area is 139 Å². The minimum atomic E-state index is -0.505. The van der Waals surface area contributed by atoms with Crippen LogP contribution in [-0.4, -0.2) is 37.5 Å². The molecule has 2 aromatic carbocycles. The van der Waals surface area contributed by atoms with Crippen LogP contribution < -0.4 is 9.22 Å². The normalized spacial score (nSPS) is 12.9. The molecule has 0 aromatic heterocycles. The number of para-hydroxylation sites is 2. The van der Waals surface area contributed by atoms with E-state index < -0.39 is 6.10 Å². The lowest BCUT2D eigenvalue weighted by atomic mass is 10.1. The average Bonchev–Trinajstić information content (AvgIpc) is 2.59. The summed E-state index contributed by atoms with van der Waals surface area (Å²) < 4.78 is 6.48. The van der Waals surface area contributed by atoms with Crippen LogP contribution in [0.25, 0.3) is 0 Å². The maximum Gasteiger partial charge on any atom is 0.137 e. The van der Waals surface area contributed by atoms with Gasteiger partial charge in [-0.3, -0.25) is 4.48 Å². The Morgan fingerprint density at radius 1 is 0.957 bits per heavy atom. The largest absolute Gasteiger partial charge is 0.491 e. The van der Waals surface area contributed by atoms with Crippen molar-refractivity contribution in [2.24, 2.45) is 0 Å². The molecule has 2 rings (SSSR count). The molecule has 1 atom stereocenters. The van der Waals surface area contributed by atoms with Gasteiger partial charge in [0, 0.05) is 5.56 Å². The highest BCUT2D eigenvalue weighted by molar-refractivity contribution is 5.50. The third-order valence-corrected chi connectivity index (χ3v) is 4.58. The van der Waals surface area contributed by atoms with Gasteiger partial charge in [0.25, 0.3) is 0 Å². The molecule has 0 saturated carbocycles. The standard InChI is InChI=1S/C20H28NO2/c1-4-21(5-2,20-14-10-9-11-17(20)3)15-18(22)16-23-19-12-7-6-8-13-19/h6-14,18,22H,4-5,15-16H2,1-3H3/q+1. The van der Waals surface area contributed by atoms with E-state index in [9.17, 15) is 5.11 Å². The number of rotatable bonds is 8. The Morgan fingerprint density at radius 2 is 1.57 bits per heavy atom. The van der Waals surface area contributed by atoms with Crippen LogP contribution in [0.1, 0.15) is 19.4 Å². The highest BCUT2D eigenvalue weighted by atomic mass is 16.5. The average molecular weight is 314 g/mol. The van der Waals surface area contributed by atoms with Crippen LogP contribution in [0, 0.1) is 6.92 Å². The van der Waals surface area contributed by atoms with Crippen molar-refractivity contribution in [2.75, 3.05) is 26.2 Å². The molecule has 3 heteroatoms. The number of aryl methyl sites for hydroxylation is 1. The van der Waals surface area contributed by atoms with Gasteiger partial charge in [-0.05, 0) is 39.0 Å². The van der Waals surface area contributed by atoms with Crippen LogP contribution in [0.5, 0.6) is 5.75 Å². The van der Waals surface area contributed by atoms with Crippen LogP contribution in [0.2, 0.25) is 0 Å². The van der Waals surface area contributed by atoms with Gasteiger partial charge in [-0.15, -0.1) is 0 Å². The number of quaternary nitrogens is 1. The van der Waals surface area contributed by atoms with Gasteiger partial charge in [-0.1, -0.05) is 36.4 Å². The van der Waals surface area contributed by atoms with Gasteiger partial charge in [0.15, 0.2) is 0 Å². The molecule has 1 N–H and O–H groups in total. The molecule has 124 valence electrons. The Morgan fingerprint density at radius 3 is 2.17 bits per heavy atom. The van der Waals surface area contributed by atoms with E-state index in [0.717, 1.165) is 23.3 Å². The van der Waals surface area contributed by atoms with Crippen LogP contribution in [-0.2, 0) is 0 Å². The van der Waals surface area contributed by atoms with E-state index in [1.54, 1.807) is 0 Å². The zero-order valence-corrected chi connectivity index (χ0v) is 14.4. The molecule has 0 bridgehead atoms. The van der Waals surface area contributed by atoms with E-state index >= 15 is 0 Å². The fourth-order valence-electron chi connectivity index (χ4n) is 3.18. The molecule has 0 aliphatic rings. The van der Waals surface area contributed by atoms with Crippen LogP contribution in [0.3, 0.4) is 0 Å². The topological polar surface area (TPSA) is 29.5 Å². The molecule has 0 fully saturated rings. The van der Waals surface area contributed by atoms with Crippen molar-refractivity contribution >= 4 is 5.69 Å². The van der Waals surface area contributed by atoms with E-state index in [1.165, 1.54) is 11.3 Å². The summed E-state index contributed by atoms with van der Waals surface area (Å²) in [6, 6.07) is 18.1. The number of ether oxygens (including phenoxy) is 1. The van der Waals surface area contributed by atoms with Crippen molar-refractivity contribution in [2.45, 2.75) is 26.9 Å². The minimum Gasteiger partial charge on any atom is -0.491 e. The number of hydrogen-bond acceptors (Lipinski definition) is 2. The molecular weight excluding hydrogens is 286 g/mol. The zero-order chi connectivity index (χ0) is 16.7. The summed E-state index contributed by atoms with van der Waals surface area (Å²) in [5, 5.41) is 10.5. The molecule has 0 spiro atoms. The maximum absolute atomic E-state index is 10.5. The third kappa shape index (κ3) is 4.34. The van der Waals surface area contributed by atoms with Crippen LogP contribution >= 0.6 is 0 Å². The maximum atomic E-state index is 10.5. The van der Waals surface area contributed by atoms with Gasteiger partial charge in [-0.2, -0.15) is 0 Å². The van der Waals surface area contributed by atoms with Gasteiger partial charge in [-0.25, -0.2) is 0 Å². The summed E-state index contributed by atoms with van der Waals surface area (Å²) in [5.41, 5.74) is 2.56. The van der Waals surface area contributed by atoms with Crippen molar-refractivity contribution in [3.8, 4) is 5.75 Å². The van der Waals surface area contributed by atoms with E-state index in [2.05, 4.69) is 45.0 Å². The van der Waals surface area contributed by atoms with Gasteiger partial charge in [0.1, 0.15) is 30.7 Å². The number of nitrogens with zero attached hydrogens (tertiary/aromatic N) is 1.